The fourth-order valence-electron chi connectivity index (χ4n) is 1.69. The number of pyridine rings is 1. The Morgan fingerprint density at radius 2 is 2.11 bits per heavy atom. The van der Waals surface area contributed by atoms with Gasteiger partial charge in [-0.1, -0.05) is 23.7 Å². The van der Waals surface area contributed by atoms with E-state index < -0.39 is 0 Å². The average Bonchev–Trinajstić information content (AvgIpc) is 2.39. The predicted octanol–water partition coefficient (Wildman–Crippen LogP) is 3.72. The smallest absolute Gasteiger partial charge is 0.129 e. The summed E-state index contributed by atoms with van der Waals surface area (Å²) in [4.78, 5) is 4.25. The number of nitrogens with one attached hydrogen (secondary N) is 1. The zero-order chi connectivity index (χ0) is 13.0. The number of benzene rings is 1. The fraction of sp³-hybridized carbons (Fsp3) is 0.214. The van der Waals surface area contributed by atoms with Gasteiger partial charge in [0, 0.05) is 29.4 Å². The molecule has 1 N–H and O–H groups in total. The third-order valence-corrected chi connectivity index (χ3v) is 3.13. The van der Waals surface area contributed by atoms with Gasteiger partial charge >= 0.3 is 0 Å². The molecule has 1 atom stereocenters. The van der Waals surface area contributed by atoms with Gasteiger partial charge in [0.25, 0.3) is 0 Å². The van der Waals surface area contributed by atoms with Crippen molar-refractivity contribution in [2.45, 2.75) is 19.5 Å². The highest BCUT2D eigenvalue weighted by molar-refractivity contribution is 6.31. The third-order valence-electron chi connectivity index (χ3n) is 2.78. The first-order valence-corrected chi connectivity index (χ1v) is 6.13. The summed E-state index contributed by atoms with van der Waals surface area (Å²) in [5, 5.41) is 3.65. The van der Waals surface area contributed by atoms with Crippen LogP contribution in [0.3, 0.4) is 0 Å². The molecule has 0 saturated carbocycles. The zero-order valence-corrected chi connectivity index (χ0v) is 10.8. The van der Waals surface area contributed by atoms with Gasteiger partial charge in [0.2, 0.25) is 0 Å². The van der Waals surface area contributed by atoms with Crippen LogP contribution in [0.15, 0.2) is 42.6 Å². The van der Waals surface area contributed by atoms with Crippen LogP contribution in [-0.2, 0) is 6.54 Å². The van der Waals surface area contributed by atoms with E-state index in [0.29, 0.717) is 17.1 Å². The van der Waals surface area contributed by atoms with Crippen molar-refractivity contribution >= 4 is 11.6 Å². The average molecular weight is 265 g/mol. The standard InChI is InChI=1S/C14H14ClFN2/c1-10(14-7-2-3-8-17-14)18-9-11-12(15)5-4-6-13(11)16/h2-8,10,18H,9H2,1H3/t10-/m1/s1. The van der Waals surface area contributed by atoms with Gasteiger partial charge in [0.1, 0.15) is 5.82 Å². The summed E-state index contributed by atoms with van der Waals surface area (Å²) in [5.74, 6) is -0.289. The molecule has 0 fully saturated rings. The molecule has 2 nitrogen and oxygen atoms in total. The molecule has 0 bridgehead atoms. The Morgan fingerprint density at radius 3 is 2.78 bits per heavy atom. The molecule has 2 aromatic rings. The van der Waals surface area contributed by atoms with E-state index in [-0.39, 0.29) is 11.9 Å². The van der Waals surface area contributed by atoms with Crippen molar-refractivity contribution in [1.82, 2.24) is 10.3 Å². The molecule has 0 aliphatic heterocycles. The summed E-state index contributed by atoms with van der Waals surface area (Å²) < 4.78 is 13.6. The van der Waals surface area contributed by atoms with Crippen molar-refractivity contribution in [3.05, 3.63) is 64.7 Å². The van der Waals surface area contributed by atoms with Crippen LogP contribution in [0.4, 0.5) is 4.39 Å². The van der Waals surface area contributed by atoms with E-state index in [2.05, 4.69) is 10.3 Å². The minimum absolute atomic E-state index is 0.0434. The molecule has 0 aliphatic rings. The summed E-state index contributed by atoms with van der Waals surface area (Å²) in [6, 6.07) is 10.5. The molecule has 18 heavy (non-hydrogen) atoms. The van der Waals surface area contributed by atoms with Crippen LogP contribution in [0.2, 0.25) is 5.02 Å². The molecule has 0 spiro atoms. The molecule has 94 valence electrons. The Hall–Kier alpha value is -1.45. The van der Waals surface area contributed by atoms with E-state index in [1.807, 2.05) is 25.1 Å². The van der Waals surface area contributed by atoms with Crippen LogP contribution >= 0.6 is 11.6 Å². The maximum absolute atomic E-state index is 13.6. The van der Waals surface area contributed by atoms with E-state index in [1.54, 1.807) is 18.3 Å². The van der Waals surface area contributed by atoms with Gasteiger partial charge < -0.3 is 5.32 Å². The molecule has 1 heterocycles. The Morgan fingerprint density at radius 1 is 1.28 bits per heavy atom. The first-order chi connectivity index (χ1) is 8.68. The van der Waals surface area contributed by atoms with Gasteiger partial charge in [-0.05, 0) is 31.2 Å². The number of rotatable bonds is 4. The van der Waals surface area contributed by atoms with Gasteiger partial charge in [-0.2, -0.15) is 0 Å². The van der Waals surface area contributed by atoms with Crippen molar-refractivity contribution in [2.24, 2.45) is 0 Å². The highest BCUT2D eigenvalue weighted by Crippen LogP contribution is 2.19. The normalized spacial score (nSPS) is 12.4. The van der Waals surface area contributed by atoms with Crippen molar-refractivity contribution in [3.63, 3.8) is 0 Å². The van der Waals surface area contributed by atoms with Gasteiger partial charge in [0.15, 0.2) is 0 Å². The van der Waals surface area contributed by atoms with Crippen molar-refractivity contribution in [3.8, 4) is 0 Å². The Balaban J connectivity index is 2.04. The Kier molecular flexibility index (Phi) is 4.28. The molecule has 0 radical (unpaired) electrons. The van der Waals surface area contributed by atoms with Crippen molar-refractivity contribution in [2.75, 3.05) is 0 Å². The number of nitrogens with zero attached hydrogens (tertiary/aromatic N) is 1. The predicted molar refractivity (Wildman–Crippen MR) is 70.9 cm³/mol. The second kappa shape index (κ2) is 5.94. The van der Waals surface area contributed by atoms with E-state index in [0.717, 1.165) is 5.69 Å². The quantitative estimate of drug-likeness (QED) is 0.910. The maximum Gasteiger partial charge on any atom is 0.129 e. The summed E-state index contributed by atoms with van der Waals surface area (Å²) in [7, 11) is 0. The summed E-state index contributed by atoms with van der Waals surface area (Å²) in [6.45, 7) is 2.36. The fourth-order valence-corrected chi connectivity index (χ4v) is 1.92. The van der Waals surface area contributed by atoms with Crippen molar-refractivity contribution < 1.29 is 4.39 Å². The lowest BCUT2D eigenvalue weighted by Crippen LogP contribution is -2.19. The number of halogens is 2. The molecule has 0 unspecified atom stereocenters. The van der Waals surface area contributed by atoms with Crippen LogP contribution in [0.5, 0.6) is 0 Å². The van der Waals surface area contributed by atoms with Crippen LogP contribution in [0.25, 0.3) is 0 Å². The molecular formula is C14H14ClFN2. The van der Waals surface area contributed by atoms with E-state index in [9.17, 15) is 4.39 Å². The molecular weight excluding hydrogens is 251 g/mol. The summed E-state index contributed by atoms with van der Waals surface area (Å²) in [5.41, 5.74) is 1.41. The lowest BCUT2D eigenvalue weighted by atomic mass is 10.1. The Labute approximate surface area is 111 Å². The van der Waals surface area contributed by atoms with Crippen LogP contribution in [-0.4, -0.2) is 4.98 Å². The van der Waals surface area contributed by atoms with Gasteiger partial charge in [-0.25, -0.2) is 4.39 Å². The third kappa shape index (κ3) is 3.06. The zero-order valence-electron chi connectivity index (χ0n) is 10.0. The van der Waals surface area contributed by atoms with E-state index in [1.165, 1.54) is 6.07 Å². The van der Waals surface area contributed by atoms with Crippen LogP contribution in [0, 0.1) is 5.82 Å². The SMILES string of the molecule is C[C@@H](NCc1c(F)cccc1Cl)c1ccccn1. The van der Waals surface area contributed by atoms with Gasteiger partial charge in [-0.3, -0.25) is 4.98 Å². The number of hydrogen-bond acceptors (Lipinski definition) is 2. The van der Waals surface area contributed by atoms with Crippen molar-refractivity contribution in [1.29, 1.82) is 0 Å². The van der Waals surface area contributed by atoms with Crippen LogP contribution in [0.1, 0.15) is 24.2 Å². The maximum atomic E-state index is 13.6. The minimum Gasteiger partial charge on any atom is -0.305 e. The molecule has 0 saturated heterocycles. The second-order valence-corrected chi connectivity index (χ2v) is 4.46. The lowest BCUT2D eigenvalue weighted by molar-refractivity contribution is 0.536. The highest BCUT2D eigenvalue weighted by atomic mass is 35.5. The molecule has 1 aromatic carbocycles. The topological polar surface area (TPSA) is 24.9 Å². The monoisotopic (exact) mass is 264 g/mol. The second-order valence-electron chi connectivity index (χ2n) is 4.06. The van der Waals surface area contributed by atoms with E-state index in [4.69, 9.17) is 11.6 Å². The van der Waals surface area contributed by atoms with Crippen LogP contribution < -0.4 is 5.32 Å². The highest BCUT2D eigenvalue weighted by Gasteiger charge is 2.10. The Bertz CT molecular complexity index is 496. The van der Waals surface area contributed by atoms with E-state index >= 15 is 0 Å². The molecule has 0 aliphatic carbocycles. The molecule has 4 heteroatoms. The number of hydrogen-bond donors (Lipinski definition) is 1. The first kappa shape index (κ1) is 13.0. The summed E-state index contributed by atoms with van der Waals surface area (Å²) in [6.07, 6.45) is 1.74. The lowest BCUT2D eigenvalue weighted by Gasteiger charge is -2.14. The molecule has 1 aromatic heterocycles. The minimum atomic E-state index is -0.289. The van der Waals surface area contributed by atoms with Gasteiger partial charge in [-0.15, -0.1) is 0 Å². The summed E-state index contributed by atoms with van der Waals surface area (Å²) >= 11 is 5.96. The largest absolute Gasteiger partial charge is 0.305 e. The molecule has 0 amide bonds. The first-order valence-electron chi connectivity index (χ1n) is 5.75. The molecule has 2 rings (SSSR count). The number of aromatic nitrogens is 1. The van der Waals surface area contributed by atoms with Gasteiger partial charge in [0.05, 0.1) is 5.69 Å².